The van der Waals surface area contributed by atoms with E-state index in [-0.39, 0.29) is 0 Å². The van der Waals surface area contributed by atoms with Crippen molar-refractivity contribution in [2.75, 3.05) is 17.8 Å². The molecule has 0 N–H and O–H groups in total. The van der Waals surface area contributed by atoms with Crippen LogP contribution in [0.15, 0.2) is 35.2 Å². The van der Waals surface area contributed by atoms with Crippen LogP contribution in [0.5, 0.6) is 0 Å². The summed E-state index contributed by atoms with van der Waals surface area (Å²) in [5, 5.41) is 0. The molecule has 78 valence electrons. The van der Waals surface area contributed by atoms with Gasteiger partial charge in [-0.15, -0.1) is 11.8 Å². The van der Waals surface area contributed by atoms with E-state index in [1.807, 2.05) is 23.5 Å². The van der Waals surface area contributed by atoms with Gasteiger partial charge in [0.05, 0.1) is 0 Å². The number of thioether (sulfide) groups is 2. The Labute approximate surface area is 95.9 Å². The molecule has 0 aliphatic heterocycles. The minimum Gasteiger partial charge on any atom is -0.165 e. The van der Waals surface area contributed by atoms with E-state index < -0.39 is 0 Å². The van der Waals surface area contributed by atoms with Gasteiger partial charge in [0.25, 0.3) is 0 Å². The Balaban J connectivity index is 2.32. The van der Waals surface area contributed by atoms with Crippen LogP contribution in [0.3, 0.4) is 0 Å². The predicted octanol–water partition coefficient (Wildman–Crippen LogP) is 4.17. The summed E-state index contributed by atoms with van der Waals surface area (Å²) >= 11 is 3.94. The molecule has 0 aliphatic carbocycles. The number of rotatable bonds is 6. The summed E-state index contributed by atoms with van der Waals surface area (Å²) in [6, 6.07) is 10.7. The maximum Gasteiger partial charge on any atom is 0.00720 e. The van der Waals surface area contributed by atoms with Crippen molar-refractivity contribution < 1.29 is 0 Å². The van der Waals surface area contributed by atoms with E-state index in [9.17, 15) is 0 Å². The second kappa shape index (κ2) is 7.24. The van der Waals surface area contributed by atoms with Crippen LogP contribution in [0.25, 0.3) is 0 Å². The monoisotopic (exact) mass is 226 g/mol. The first-order chi connectivity index (χ1) is 6.86. The van der Waals surface area contributed by atoms with Gasteiger partial charge in [0.1, 0.15) is 0 Å². The van der Waals surface area contributed by atoms with Crippen molar-refractivity contribution in [2.45, 2.75) is 18.2 Å². The van der Waals surface area contributed by atoms with E-state index >= 15 is 0 Å². The average Bonchev–Trinajstić information content (AvgIpc) is 2.25. The molecule has 0 aromatic heterocycles. The van der Waals surface area contributed by atoms with Crippen molar-refractivity contribution in [2.24, 2.45) is 5.92 Å². The molecule has 0 heterocycles. The highest BCUT2D eigenvalue weighted by Crippen LogP contribution is 2.23. The molecule has 0 nitrogen and oxygen atoms in total. The van der Waals surface area contributed by atoms with Crippen LogP contribution in [0.1, 0.15) is 13.3 Å². The van der Waals surface area contributed by atoms with Gasteiger partial charge in [-0.1, -0.05) is 31.5 Å². The summed E-state index contributed by atoms with van der Waals surface area (Å²) in [5.74, 6) is 3.40. The van der Waals surface area contributed by atoms with Crippen molar-refractivity contribution >= 4 is 23.5 Å². The van der Waals surface area contributed by atoms with Crippen LogP contribution in [-0.4, -0.2) is 17.8 Å². The molecule has 0 spiro atoms. The first kappa shape index (κ1) is 12.0. The normalized spacial score (nSPS) is 12.7. The fraction of sp³-hybridized carbons (Fsp3) is 0.500. The minimum absolute atomic E-state index is 0.857. The van der Waals surface area contributed by atoms with Crippen LogP contribution in [0.2, 0.25) is 0 Å². The van der Waals surface area contributed by atoms with E-state index in [1.165, 1.54) is 22.8 Å². The van der Waals surface area contributed by atoms with Gasteiger partial charge in [0, 0.05) is 10.6 Å². The van der Waals surface area contributed by atoms with Gasteiger partial charge in [-0.05, 0) is 30.1 Å². The fourth-order valence-corrected chi connectivity index (χ4v) is 3.36. The van der Waals surface area contributed by atoms with Gasteiger partial charge in [0.15, 0.2) is 0 Å². The lowest BCUT2D eigenvalue weighted by Gasteiger charge is -2.12. The first-order valence-corrected chi connectivity index (χ1v) is 7.41. The summed E-state index contributed by atoms with van der Waals surface area (Å²) in [5.41, 5.74) is 0. The van der Waals surface area contributed by atoms with Gasteiger partial charge < -0.3 is 0 Å². The molecule has 0 fully saturated rings. The molecule has 1 aromatic carbocycles. The molecule has 0 bridgehead atoms. The molecule has 0 saturated carbocycles. The highest BCUT2D eigenvalue weighted by atomic mass is 32.2. The van der Waals surface area contributed by atoms with Gasteiger partial charge in [-0.25, -0.2) is 0 Å². The first-order valence-electron chi connectivity index (χ1n) is 5.03. The summed E-state index contributed by atoms with van der Waals surface area (Å²) in [4.78, 5) is 1.40. The van der Waals surface area contributed by atoms with Crippen molar-refractivity contribution in [1.29, 1.82) is 0 Å². The minimum atomic E-state index is 0.857. The molecule has 1 aromatic rings. The van der Waals surface area contributed by atoms with E-state index in [0.717, 1.165) is 5.92 Å². The lowest BCUT2D eigenvalue weighted by atomic mass is 10.2. The predicted molar refractivity (Wildman–Crippen MR) is 69.3 cm³/mol. The maximum absolute atomic E-state index is 2.28. The van der Waals surface area contributed by atoms with Crippen molar-refractivity contribution in [1.82, 2.24) is 0 Å². The fourth-order valence-electron chi connectivity index (χ4n) is 1.25. The van der Waals surface area contributed by atoms with Gasteiger partial charge in [-0.3, -0.25) is 0 Å². The Bertz CT molecular complexity index is 233. The maximum atomic E-state index is 2.28. The summed E-state index contributed by atoms with van der Waals surface area (Å²) < 4.78 is 0. The third-order valence-electron chi connectivity index (χ3n) is 2.21. The number of hydrogen-bond acceptors (Lipinski definition) is 2. The standard InChI is InChI=1S/C12H18S2/c1-3-11(9-13-2)10-14-12-7-5-4-6-8-12/h4-8,11H,3,9-10H2,1-2H3. The Kier molecular flexibility index (Phi) is 6.20. The third-order valence-corrected chi connectivity index (χ3v) is 4.26. The zero-order valence-electron chi connectivity index (χ0n) is 8.90. The Morgan fingerprint density at radius 2 is 1.86 bits per heavy atom. The SMILES string of the molecule is CCC(CSC)CSc1ccccc1. The molecule has 14 heavy (non-hydrogen) atoms. The molecule has 1 unspecified atom stereocenters. The summed E-state index contributed by atoms with van der Waals surface area (Å²) in [7, 11) is 0. The van der Waals surface area contributed by atoms with Crippen LogP contribution >= 0.6 is 23.5 Å². The van der Waals surface area contributed by atoms with Gasteiger partial charge in [0.2, 0.25) is 0 Å². The second-order valence-electron chi connectivity index (χ2n) is 3.35. The topological polar surface area (TPSA) is 0 Å². The van der Waals surface area contributed by atoms with Crippen LogP contribution in [-0.2, 0) is 0 Å². The Morgan fingerprint density at radius 1 is 1.14 bits per heavy atom. The highest BCUT2D eigenvalue weighted by molar-refractivity contribution is 7.99. The zero-order chi connectivity index (χ0) is 10.2. The number of benzene rings is 1. The average molecular weight is 226 g/mol. The van der Waals surface area contributed by atoms with Crippen LogP contribution in [0, 0.1) is 5.92 Å². The van der Waals surface area contributed by atoms with Crippen molar-refractivity contribution in [3.63, 3.8) is 0 Å². The van der Waals surface area contributed by atoms with E-state index in [0.29, 0.717) is 0 Å². The van der Waals surface area contributed by atoms with E-state index in [4.69, 9.17) is 0 Å². The third kappa shape index (κ3) is 4.43. The molecular weight excluding hydrogens is 208 g/mol. The lowest BCUT2D eigenvalue weighted by Crippen LogP contribution is -2.04. The Morgan fingerprint density at radius 3 is 2.43 bits per heavy atom. The highest BCUT2D eigenvalue weighted by Gasteiger charge is 2.05. The van der Waals surface area contributed by atoms with Crippen molar-refractivity contribution in [3.8, 4) is 0 Å². The molecule has 0 radical (unpaired) electrons. The largest absolute Gasteiger partial charge is 0.165 e. The molecule has 0 aliphatic rings. The zero-order valence-corrected chi connectivity index (χ0v) is 10.5. The quantitative estimate of drug-likeness (QED) is 0.668. The van der Waals surface area contributed by atoms with E-state index in [1.54, 1.807) is 0 Å². The number of hydrogen-bond donors (Lipinski definition) is 0. The Hall–Kier alpha value is -0.0800. The summed E-state index contributed by atoms with van der Waals surface area (Å²) in [6.07, 6.45) is 3.48. The second-order valence-corrected chi connectivity index (χ2v) is 5.36. The van der Waals surface area contributed by atoms with Crippen molar-refractivity contribution in [3.05, 3.63) is 30.3 Å². The smallest absolute Gasteiger partial charge is 0.00720 e. The molecule has 0 saturated heterocycles. The van der Waals surface area contributed by atoms with Gasteiger partial charge in [-0.2, -0.15) is 11.8 Å². The summed E-state index contributed by atoms with van der Waals surface area (Å²) in [6.45, 7) is 2.28. The lowest BCUT2D eigenvalue weighted by molar-refractivity contribution is 0.648. The molecule has 0 amide bonds. The molecule has 1 rings (SSSR count). The van der Waals surface area contributed by atoms with Crippen LogP contribution in [0.4, 0.5) is 0 Å². The van der Waals surface area contributed by atoms with Crippen LogP contribution < -0.4 is 0 Å². The van der Waals surface area contributed by atoms with E-state index in [2.05, 4.69) is 43.5 Å². The molecule has 2 heteroatoms. The molecule has 1 atom stereocenters. The van der Waals surface area contributed by atoms with Gasteiger partial charge >= 0.3 is 0 Å². The molecular formula is C12H18S2.